The summed E-state index contributed by atoms with van der Waals surface area (Å²) in [6, 6.07) is 0. The monoisotopic (exact) mass is 592 g/mol. The van der Waals surface area contributed by atoms with Crippen molar-refractivity contribution >= 4 is 11.4 Å². The highest BCUT2D eigenvalue weighted by molar-refractivity contribution is 6.18. The van der Waals surface area contributed by atoms with Gasteiger partial charge < -0.3 is 66.6 Å². The molecule has 6 nitrogen and oxygen atoms in total. The van der Waals surface area contributed by atoms with E-state index >= 15 is 0 Å². The van der Waals surface area contributed by atoms with Gasteiger partial charge in [-0.3, -0.25) is 0 Å². The second-order valence-electron chi connectivity index (χ2n) is 8.10. The molecule has 1 aliphatic rings. The Kier molecular flexibility index (Phi) is 15.0. The number of oxime groups is 2. The quantitative estimate of drug-likeness (QED) is 0.0856. The third-order valence-electron chi connectivity index (χ3n) is 3.32. The first-order valence-corrected chi connectivity index (χ1v) is 8.53. The minimum absolute atomic E-state index is 0. The first kappa shape index (κ1) is 28.0. The maximum Gasteiger partial charge on any atom is 0.122 e. The Hall–Kier alpha value is -0.200. The highest BCUT2D eigenvalue weighted by Crippen LogP contribution is 2.01. The van der Waals surface area contributed by atoms with Crippen LogP contribution in [-0.2, 0) is 9.68 Å². The Labute approximate surface area is 193 Å². The van der Waals surface area contributed by atoms with E-state index in [1.54, 1.807) is 0 Å². The van der Waals surface area contributed by atoms with Crippen LogP contribution < -0.4 is 48.0 Å². The summed E-state index contributed by atoms with van der Waals surface area (Å²) in [4.78, 5) is 10.7. The van der Waals surface area contributed by atoms with Gasteiger partial charge in [0.1, 0.15) is 24.6 Å². The fraction of sp³-hybridized carbons (Fsp3) is 0.667. The van der Waals surface area contributed by atoms with Crippen molar-refractivity contribution in [2.24, 2.45) is 10.3 Å². The zero-order valence-electron chi connectivity index (χ0n) is 16.9. The van der Waals surface area contributed by atoms with Crippen LogP contribution in [0.15, 0.2) is 34.6 Å². The highest BCUT2D eigenvalue weighted by atomic mass is 127. The lowest BCUT2D eigenvalue weighted by Gasteiger charge is -2.23. The van der Waals surface area contributed by atoms with Gasteiger partial charge >= 0.3 is 0 Å². The molecule has 0 N–H and O–H groups in total. The molecule has 0 unspecified atom stereocenters. The van der Waals surface area contributed by atoms with E-state index in [9.17, 15) is 0 Å². The third-order valence-corrected chi connectivity index (χ3v) is 3.32. The van der Waals surface area contributed by atoms with Crippen LogP contribution in [0.25, 0.3) is 0 Å². The minimum Gasteiger partial charge on any atom is -1.00 e. The summed E-state index contributed by atoms with van der Waals surface area (Å²) < 4.78 is 1.88. The summed E-state index contributed by atoms with van der Waals surface area (Å²) in [5.74, 6) is 0. The first-order valence-electron chi connectivity index (χ1n) is 8.53. The van der Waals surface area contributed by atoms with Crippen LogP contribution in [0.1, 0.15) is 12.8 Å². The standard InChI is InChI=1S/C18H34N4O2.2HI/c1-21(2,3)13-7-15-23-19-17-9-11-18(12-10-17)20-24-16-8-14-22(4,5)6;;/h9-12H,7-8,13-16H2,1-6H3;2*1H/q+2;;/p-2. The molecule has 0 spiro atoms. The lowest BCUT2D eigenvalue weighted by Crippen LogP contribution is -3.00. The number of hydrogen-bond donors (Lipinski definition) is 0. The summed E-state index contributed by atoms with van der Waals surface area (Å²) >= 11 is 0. The summed E-state index contributed by atoms with van der Waals surface area (Å²) in [5, 5.41) is 8.22. The van der Waals surface area contributed by atoms with Crippen LogP contribution >= 0.6 is 0 Å². The molecule has 0 saturated carbocycles. The molecule has 0 saturated heterocycles. The Bertz CT molecular complexity index is 442. The van der Waals surface area contributed by atoms with Crippen molar-refractivity contribution in [2.75, 3.05) is 68.6 Å². The van der Waals surface area contributed by atoms with Crippen LogP contribution in [0.3, 0.4) is 0 Å². The normalized spacial score (nSPS) is 13.6. The van der Waals surface area contributed by atoms with E-state index in [0.29, 0.717) is 13.2 Å². The van der Waals surface area contributed by atoms with Crippen LogP contribution in [0.5, 0.6) is 0 Å². The van der Waals surface area contributed by atoms with Gasteiger partial charge in [-0.15, -0.1) is 0 Å². The molecule has 152 valence electrons. The molecule has 0 aliphatic heterocycles. The van der Waals surface area contributed by atoms with Crippen molar-refractivity contribution in [2.45, 2.75) is 12.8 Å². The van der Waals surface area contributed by atoms with E-state index in [2.05, 4.69) is 52.6 Å². The van der Waals surface area contributed by atoms with Gasteiger partial charge in [0.15, 0.2) is 0 Å². The number of nitrogens with zero attached hydrogens (tertiary/aromatic N) is 4. The fourth-order valence-corrected chi connectivity index (χ4v) is 2.02. The van der Waals surface area contributed by atoms with Gasteiger partial charge in [-0.25, -0.2) is 0 Å². The average molecular weight is 592 g/mol. The summed E-state index contributed by atoms with van der Waals surface area (Å²) in [6.07, 6.45) is 9.51. The minimum atomic E-state index is 0. The lowest BCUT2D eigenvalue weighted by molar-refractivity contribution is -0.870. The van der Waals surface area contributed by atoms with Gasteiger partial charge in [0.25, 0.3) is 0 Å². The Balaban J connectivity index is 0. The number of halogens is 2. The molecule has 0 heterocycles. The van der Waals surface area contributed by atoms with Gasteiger partial charge in [-0.2, -0.15) is 0 Å². The number of allylic oxidation sites excluding steroid dienone is 4. The van der Waals surface area contributed by atoms with Gasteiger partial charge in [-0.05, 0) is 24.3 Å². The fourth-order valence-electron chi connectivity index (χ4n) is 2.02. The molecule has 0 aromatic rings. The predicted octanol–water partition coefficient (Wildman–Crippen LogP) is -3.94. The van der Waals surface area contributed by atoms with Crippen molar-refractivity contribution in [3.05, 3.63) is 24.3 Å². The van der Waals surface area contributed by atoms with Gasteiger partial charge in [0, 0.05) is 12.8 Å². The van der Waals surface area contributed by atoms with E-state index in [1.807, 2.05) is 24.3 Å². The van der Waals surface area contributed by atoms with Crippen molar-refractivity contribution in [3.63, 3.8) is 0 Å². The topological polar surface area (TPSA) is 43.2 Å². The number of quaternary nitrogens is 2. The van der Waals surface area contributed by atoms with Gasteiger partial charge in [-0.1, -0.05) is 10.3 Å². The predicted molar refractivity (Wildman–Crippen MR) is 100 cm³/mol. The van der Waals surface area contributed by atoms with Crippen LogP contribution in [0, 0.1) is 0 Å². The largest absolute Gasteiger partial charge is 1.00 e. The molecule has 26 heavy (non-hydrogen) atoms. The Morgan fingerprint density at radius 1 is 0.654 bits per heavy atom. The van der Waals surface area contributed by atoms with E-state index in [4.69, 9.17) is 9.68 Å². The lowest BCUT2D eigenvalue weighted by atomic mass is 10.1. The van der Waals surface area contributed by atoms with Crippen molar-refractivity contribution in [1.29, 1.82) is 0 Å². The molecule has 8 heteroatoms. The van der Waals surface area contributed by atoms with E-state index in [0.717, 1.165) is 46.3 Å². The molecule has 0 aromatic heterocycles. The molecule has 0 bridgehead atoms. The number of rotatable bonds is 10. The van der Waals surface area contributed by atoms with Gasteiger partial charge in [0.2, 0.25) is 0 Å². The molecule has 0 radical (unpaired) electrons. The third kappa shape index (κ3) is 16.0. The van der Waals surface area contributed by atoms with Gasteiger partial charge in [0.05, 0.1) is 55.4 Å². The summed E-state index contributed by atoms with van der Waals surface area (Å²) in [7, 11) is 13.0. The highest BCUT2D eigenvalue weighted by Gasteiger charge is 2.07. The second-order valence-corrected chi connectivity index (χ2v) is 8.10. The molecule has 0 amide bonds. The molecule has 0 fully saturated rings. The maximum atomic E-state index is 5.35. The molecule has 1 rings (SSSR count). The van der Waals surface area contributed by atoms with E-state index in [1.165, 1.54) is 0 Å². The Morgan fingerprint density at radius 2 is 0.962 bits per heavy atom. The molecule has 1 aliphatic carbocycles. The zero-order valence-corrected chi connectivity index (χ0v) is 21.2. The maximum absolute atomic E-state index is 5.35. The zero-order chi connectivity index (χ0) is 18.1. The van der Waals surface area contributed by atoms with Crippen LogP contribution in [0.2, 0.25) is 0 Å². The SMILES string of the molecule is C[N+](C)(C)CCCON=C1C=CC(=NOCCC[N+](C)(C)C)C=C1.[I-].[I-]. The molecule has 0 atom stereocenters. The van der Waals surface area contributed by atoms with Crippen molar-refractivity contribution in [3.8, 4) is 0 Å². The summed E-state index contributed by atoms with van der Waals surface area (Å²) in [5.41, 5.74) is 1.59. The molecular formula is C18H34I2N4O2. The first-order chi connectivity index (χ1) is 11.2. The van der Waals surface area contributed by atoms with Crippen LogP contribution in [0.4, 0.5) is 0 Å². The van der Waals surface area contributed by atoms with E-state index in [-0.39, 0.29) is 48.0 Å². The van der Waals surface area contributed by atoms with Crippen molar-refractivity contribution < 1.29 is 66.6 Å². The Morgan fingerprint density at radius 3 is 1.23 bits per heavy atom. The number of hydrogen-bond acceptors (Lipinski definition) is 4. The van der Waals surface area contributed by atoms with Crippen LogP contribution in [-0.4, -0.2) is 89.0 Å². The van der Waals surface area contributed by atoms with Crippen molar-refractivity contribution in [1.82, 2.24) is 0 Å². The smallest absolute Gasteiger partial charge is 0.122 e. The summed E-state index contributed by atoms with van der Waals surface area (Å²) in [6.45, 7) is 3.41. The molecular weight excluding hydrogens is 558 g/mol. The second kappa shape index (κ2) is 13.9. The van der Waals surface area contributed by atoms with E-state index < -0.39 is 0 Å². The molecule has 0 aromatic carbocycles. The average Bonchev–Trinajstić information content (AvgIpc) is 2.45.